The van der Waals surface area contributed by atoms with Crippen molar-refractivity contribution in [3.63, 3.8) is 0 Å². The number of carbonyl (C=O) groups is 2. The average molecular weight is 464 g/mol. The zero-order valence-corrected chi connectivity index (χ0v) is 19.4. The lowest BCUT2D eigenvalue weighted by Gasteiger charge is -2.27. The van der Waals surface area contributed by atoms with Crippen LogP contribution in [0.25, 0.3) is 6.08 Å². The number of hydrogen-bond donors (Lipinski definition) is 1. The number of hydrogen-bond acceptors (Lipinski definition) is 6. The Morgan fingerprint density at radius 1 is 1.12 bits per heavy atom. The van der Waals surface area contributed by atoms with Gasteiger partial charge in [0.1, 0.15) is 0 Å². The number of carbonyl (C=O) groups excluding carboxylic acids is 2. The normalized spacial score (nSPS) is 16.1. The van der Waals surface area contributed by atoms with Crippen molar-refractivity contribution in [2.75, 3.05) is 26.2 Å². The minimum absolute atomic E-state index is 0.0196. The van der Waals surface area contributed by atoms with E-state index in [-0.39, 0.29) is 11.3 Å². The molecule has 3 rings (SSSR count). The third-order valence-electron chi connectivity index (χ3n) is 5.98. The second-order valence-electron chi connectivity index (χ2n) is 8.00. The molecule has 0 fully saturated rings. The third-order valence-corrected chi connectivity index (χ3v) is 5.98. The molecule has 1 amide bonds. The molecule has 0 spiro atoms. The van der Waals surface area contributed by atoms with Crippen molar-refractivity contribution in [2.45, 2.75) is 26.3 Å². The molecule has 0 saturated heterocycles. The Labute approximate surface area is 199 Å². The Hall–Kier alpha value is -3.78. The molecule has 1 aliphatic heterocycles. The number of nitrogens with zero attached hydrogens (tertiary/aromatic N) is 3. The summed E-state index contributed by atoms with van der Waals surface area (Å²) in [4.78, 5) is 40.4. The van der Waals surface area contributed by atoms with Gasteiger partial charge in [0.15, 0.2) is 11.5 Å². The summed E-state index contributed by atoms with van der Waals surface area (Å²) in [5.41, 5.74) is 1.23. The Bertz CT molecular complexity index is 1090. The minimum Gasteiger partial charge on any atom is -0.503 e. The zero-order valence-electron chi connectivity index (χ0n) is 19.4. The zero-order chi connectivity index (χ0) is 24.7. The quantitative estimate of drug-likeness (QED) is 0.303. The molecule has 0 radical (unpaired) electrons. The van der Waals surface area contributed by atoms with E-state index in [0.29, 0.717) is 18.5 Å². The van der Waals surface area contributed by atoms with Crippen LogP contribution < -0.4 is 0 Å². The lowest BCUT2D eigenvalue weighted by Crippen LogP contribution is -2.34. The van der Waals surface area contributed by atoms with Gasteiger partial charge >= 0.3 is 0 Å². The molecule has 8 nitrogen and oxygen atoms in total. The number of nitro benzene ring substituents is 1. The third kappa shape index (κ3) is 5.58. The van der Waals surface area contributed by atoms with Crippen molar-refractivity contribution in [2.24, 2.45) is 0 Å². The van der Waals surface area contributed by atoms with Gasteiger partial charge in [0, 0.05) is 18.7 Å². The fraction of sp³-hybridized carbons (Fsp3) is 0.308. The number of aliphatic hydroxyl groups is 1. The molecular weight excluding hydrogens is 434 g/mol. The van der Waals surface area contributed by atoms with E-state index in [2.05, 4.69) is 18.7 Å². The minimum atomic E-state index is -0.821. The number of rotatable bonds is 11. The average Bonchev–Trinajstić information content (AvgIpc) is 3.11. The topological polar surface area (TPSA) is 104 Å². The van der Waals surface area contributed by atoms with Crippen LogP contribution in [0.1, 0.15) is 37.4 Å². The molecule has 0 saturated carbocycles. The van der Waals surface area contributed by atoms with Gasteiger partial charge in [-0.3, -0.25) is 19.7 Å². The van der Waals surface area contributed by atoms with Gasteiger partial charge in [0.25, 0.3) is 11.6 Å². The van der Waals surface area contributed by atoms with Crippen LogP contribution in [0.4, 0.5) is 5.69 Å². The molecule has 178 valence electrons. The molecule has 8 heteroatoms. The number of amides is 1. The number of aliphatic hydroxyl groups excluding tert-OH is 1. The number of allylic oxidation sites excluding steroid dienone is 1. The fourth-order valence-electron chi connectivity index (χ4n) is 4.09. The molecule has 1 unspecified atom stereocenters. The Kier molecular flexibility index (Phi) is 8.32. The predicted molar refractivity (Wildman–Crippen MR) is 130 cm³/mol. The molecule has 34 heavy (non-hydrogen) atoms. The summed E-state index contributed by atoms with van der Waals surface area (Å²) in [6.07, 6.45) is 3.63. The smallest absolute Gasteiger partial charge is 0.290 e. The Balaban J connectivity index is 1.92. The second-order valence-corrected chi connectivity index (χ2v) is 8.00. The summed E-state index contributed by atoms with van der Waals surface area (Å²) in [5, 5.41) is 21.8. The van der Waals surface area contributed by atoms with Gasteiger partial charge in [-0.15, -0.1) is 0 Å². The number of non-ortho nitro benzene ring substituents is 1. The molecule has 0 bridgehead atoms. The molecule has 2 aromatic rings. The highest BCUT2D eigenvalue weighted by atomic mass is 16.6. The number of benzene rings is 2. The van der Waals surface area contributed by atoms with Crippen molar-refractivity contribution in [1.29, 1.82) is 0 Å². The van der Waals surface area contributed by atoms with Crippen LogP contribution >= 0.6 is 0 Å². The van der Waals surface area contributed by atoms with E-state index >= 15 is 0 Å². The molecule has 0 aliphatic carbocycles. The molecule has 1 aliphatic rings. The Morgan fingerprint density at radius 3 is 2.35 bits per heavy atom. The van der Waals surface area contributed by atoms with Crippen molar-refractivity contribution in [3.8, 4) is 0 Å². The molecule has 1 atom stereocenters. The van der Waals surface area contributed by atoms with Gasteiger partial charge in [-0.1, -0.05) is 50.3 Å². The predicted octanol–water partition coefficient (Wildman–Crippen LogP) is 4.30. The van der Waals surface area contributed by atoms with Crippen molar-refractivity contribution < 1.29 is 19.6 Å². The highest BCUT2D eigenvalue weighted by molar-refractivity contribution is 6.14. The van der Waals surface area contributed by atoms with Crippen LogP contribution in [-0.4, -0.2) is 57.7 Å². The first-order valence-electron chi connectivity index (χ1n) is 11.4. The summed E-state index contributed by atoms with van der Waals surface area (Å²) in [5.74, 6) is -1.67. The van der Waals surface area contributed by atoms with Crippen molar-refractivity contribution in [3.05, 3.63) is 93.2 Å². The van der Waals surface area contributed by atoms with E-state index in [4.69, 9.17) is 0 Å². The van der Waals surface area contributed by atoms with Crippen molar-refractivity contribution >= 4 is 23.5 Å². The Morgan fingerprint density at radius 2 is 1.76 bits per heavy atom. The van der Waals surface area contributed by atoms with Crippen LogP contribution in [0.3, 0.4) is 0 Å². The number of ketones is 1. The van der Waals surface area contributed by atoms with E-state index in [1.54, 1.807) is 6.08 Å². The highest BCUT2D eigenvalue weighted by Crippen LogP contribution is 2.38. The van der Waals surface area contributed by atoms with Crippen LogP contribution in [0.15, 0.2) is 72.0 Å². The lowest BCUT2D eigenvalue weighted by molar-refractivity contribution is -0.384. The van der Waals surface area contributed by atoms with Gasteiger partial charge in [-0.05, 0) is 55.4 Å². The SMILES string of the molecule is CCN(CC)CCCN1C(=O)C(O)=C(C(=O)C=Cc2ccccc2)C1c1ccc([N+](=O)[O-])cc1. The van der Waals surface area contributed by atoms with Gasteiger partial charge in [0.05, 0.1) is 16.5 Å². The first-order valence-corrected chi connectivity index (χ1v) is 11.4. The first-order chi connectivity index (χ1) is 16.4. The molecule has 2 aromatic carbocycles. The largest absolute Gasteiger partial charge is 0.503 e. The van der Waals surface area contributed by atoms with E-state index in [9.17, 15) is 24.8 Å². The maximum Gasteiger partial charge on any atom is 0.290 e. The summed E-state index contributed by atoms with van der Waals surface area (Å²) in [6.45, 7) is 6.99. The number of nitro groups is 1. The summed E-state index contributed by atoms with van der Waals surface area (Å²) >= 11 is 0. The van der Waals surface area contributed by atoms with Crippen molar-refractivity contribution in [1.82, 2.24) is 9.80 Å². The highest BCUT2D eigenvalue weighted by Gasteiger charge is 2.42. The van der Waals surface area contributed by atoms with E-state index in [1.165, 1.54) is 35.2 Å². The summed E-state index contributed by atoms with van der Waals surface area (Å²) in [7, 11) is 0. The molecule has 0 aromatic heterocycles. The van der Waals surface area contributed by atoms with Gasteiger partial charge in [-0.2, -0.15) is 0 Å². The first kappa shape index (κ1) is 24.9. The van der Waals surface area contributed by atoms with Gasteiger partial charge in [-0.25, -0.2) is 0 Å². The monoisotopic (exact) mass is 463 g/mol. The lowest BCUT2D eigenvalue weighted by atomic mass is 9.95. The summed E-state index contributed by atoms with van der Waals surface area (Å²) < 4.78 is 0. The summed E-state index contributed by atoms with van der Waals surface area (Å²) in [6, 6.07) is 14.1. The van der Waals surface area contributed by atoms with Crippen LogP contribution in [0, 0.1) is 10.1 Å². The van der Waals surface area contributed by atoms with E-state index in [1.807, 2.05) is 30.3 Å². The van der Waals surface area contributed by atoms with E-state index < -0.39 is 28.4 Å². The van der Waals surface area contributed by atoms with Crippen LogP contribution in [0.5, 0.6) is 0 Å². The van der Waals surface area contributed by atoms with Gasteiger partial charge in [0.2, 0.25) is 0 Å². The van der Waals surface area contributed by atoms with Crippen LogP contribution in [0.2, 0.25) is 0 Å². The maximum atomic E-state index is 13.2. The maximum absolute atomic E-state index is 13.2. The second kappa shape index (κ2) is 11.4. The van der Waals surface area contributed by atoms with Crippen LogP contribution in [-0.2, 0) is 9.59 Å². The fourth-order valence-corrected chi connectivity index (χ4v) is 4.09. The molecule has 1 heterocycles. The van der Waals surface area contributed by atoms with Gasteiger partial charge < -0.3 is 14.9 Å². The standard InChI is InChI=1S/C26H29N3O5/c1-3-27(4-2)17-8-18-28-24(20-12-14-21(15-13-20)29(33)34)23(25(31)26(28)32)22(30)16-11-19-9-6-5-7-10-19/h5-7,9-16,24,31H,3-4,8,17-18H2,1-2H3. The molecular formula is C26H29N3O5. The molecule has 1 N–H and O–H groups in total. The van der Waals surface area contributed by atoms with E-state index in [0.717, 1.165) is 25.2 Å².